The molecular formula is C11H20N4O6. The quantitative estimate of drug-likeness (QED) is 0.450. The fourth-order valence-corrected chi connectivity index (χ4v) is 2.45. The van der Waals surface area contributed by atoms with Crippen molar-refractivity contribution in [2.45, 2.75) is 31.3 Å². The molecule has 0 aromatic heterocycles. The fraction of sp³-hybridized carbons (Fsp3) is 0.818. The Balaban J connectivity index is 1.88. The minimum Gasteiger partial charge on any atom is -0.369 e. The summed E-state index contributed by atoms with van der Waals surface area (Å²) < 4.78 is 0. The minimum absolute atomic E-state index is 0.109. The van der Waals surface area contributed by atoms with Crippen molar-refractivity contribution in [1.82, 2.24) is 19.6 Å². The number of rotatable bonds is 4. The van der Waals surface area contributed by atoms with E-state index < -0.39 is 37.0 Å². The second-order valence-corrected chi connectivity index (χ2v) is 5.18. The third-order valence-electron chi connectivity index (χ3n) is 3.86. The third-order valence-corrected chi connectivity index (χ3v) is 3.86. The Hall–Kier alpha value is -1.62. The summed E-state index contributed by atoms with van der Waals surface area (Å²) in [5.41, 5.74) is 0. The van der Waals surface area contributed by atoms with E-state index >= 15 is 0 Å². The van der Waals surface area contributed by atoms with Crippen molar-refractivity contribution in [2.24, 2.45) is 0 Å². The number of hydrogen-bond acceptors (Lipinski definition) is 6. The molecule has 2 aliphatic heterocycles. The highest BCUT2D eigenvalue weighted by molar-refractivity contribution is 5.77. The zero-order valence-corrected chi connectivity index (χ0v) is 11.8. The Morgan fingerprint density at radius 3 is 1.33 bits per heavy atom. The fourth-order valence-electron chi connectivity index (χ4n) is 2.45. The summed E-state index contributed by atoms with van der Waals surface area (Å²) in [6.07, 6.45) is -4.94. The molecule has 2 aliphatic rings. The van der Waals surface area contributed by atoms with Gasteiger partial charge in [-0.15, -0.1) is 0 Å². The van der Waals surface area contributed by atoms with E-state index in [1.165, 1.54) is 14.1 Å². The van der Waals surface area contributed by atoms with E-state index in [-0.39, 0.29) is 19.5 Å². The first-order valence-electron chi connectivity index (χ1n) is 6.56. The van der Waals surface area contributed by atoms with E-state index in [9.17, 15) is 30.0 Å². The van der Waals surface area contributed by atoms with E-state index in [4.69, 9.17) is 0 Å². The highest BCUT2D eigenvalue weighted by Gasteiger charge is 2.43. The van der Waals surface area contributed by atoms with Crippen molar-refractivity contribution in [1.29, 1.82) is 0 Å². The van der Waals surface area contributed by atoms with Gasteiger partial charge in [0.25, 0.3) is 0 Å². The summed E-state index contributed by atoms with van der Waals surface area (Å²) in [6, 6.07) is -1.03. The van der Waals surface area contributed by atoms with Crippen molar-refractivity contribution >= 4 is 12.1 Å². The second kappa shape index (κ2) is 5.64. The molecule has 10 heteroatoms. The number of hydrogen-bond donors (Lipinski definition) is 4. The molecule has 2 fully saturated rings. The lowest BCUT2D eigenvalue weighted by molar-refractivity contribution is -0.0669. The summed E-state index contributed by atoms with van der Waals surface area (Å²) in [5, 5.41) is 38.5. The summed E-state index contributed by atoms with van der Waals surface area (Å²) in [5.74, 6) is 0. The van der Waals surface area contributed by atoms with Gasteiger partial charge in [-0.2, -0.15) is 0 Å². The lowest BCUT2D eigenvalue weighted by Crippen LogP contribution is -2.40. The molecule has 4 unspecified atom stereocenters. The Labute approximate surface area is 121 Å². The molecule has 2 saturated heterocycles. The maximum Gasteiger partial charge on any atom is 0.324 e. The maximum absolute atomic E-state index is 11.7. The van der Waals surface area contributed by atoms with E-state index in [1.54, 1.807) is 0 Å². The first-order valence-corrected chi connectivity index (χ1v) is 6.56. The smallest absolute Gasteiger partial charge is 0.324 e. The molecule has 0 bridgehead atoms. The third kappa shape index (κ3) is 2.50. The molecule has 0 saturated carbocycles. The van der Waals surface area contributed by atoms with Crippen LogP contribution in [0.5, 0.6) is 0 Å². The van der Waals surface area contributed by atoms with Crippen LogP contribution in [-0.4, -0.2) is 104 Å². The lowest BCUT2D eigenvalue weighted by atomic mass is 10.3. The van der Waals surface area contributed by atoms with Gasteiger partial charge in [0.1, 0.15) is 0 Å². The Morgan fingerprint density at radius 1 is 0.762 bits per heavy atom. The van der Waals surface area contributed by atoms with Gasteiger partial charge in [-0.25, -0.2) is 9.59 Å². The number of likely N-dealkylation sites (N-methyl/N-ethyl adjacent to an activating group) is 2. The normalized spacial score (nSPS) is 33.6. The van der Waals surface area contributed by atoms with Gasteiger partial charge in [0.05, 0.1) is 0 Å². The molecule has 4 atom stereocenters. The number of urea groups is 2. The maximum atomic E-state index is 11.7. The van der Waals surface area contributed by atoms with Gasteiger partial charge in [0.15, 0.2) is 24.9 Å². The molecule has 0 aromatic carbocycles. The molecule has 10 nitrogen and oxygen atoms in total. The molecule has 0 spiro atoms. The van der Waals surface area contributed by atoms with E-state index in [0.717, 1.165) is 19.6 Å². The average molecular weight is 304 g/mol. The van der Waals surface area contributed by atoms with Crippen molar-refractivity contribution in [3.63, 3.8) is 0 Å². The van der Waals surface area contributed by atoms with E-state index in [1.807, 2.05) is 0 Å². The topological polar surface area (TPSA) is 128 Å². The highest BCUT2D eigenvalue weighted by atomic mass is 16.4. The van der Waals surface area contributed by atoms with Gasteiger partial charge in [0.2, 0.25) is 0 Å². The van der Waals surface area contributed by atoms with Crippen LogP contribution < -0.4 is 0 Å². The lowest BCUT2D eigenvalue weighted by Gasteiger charge is -2.23. The predicted molar refractivity (Wildman–Crippen MR) is 68.4 cm³/mol. The predicted octanol–water partition coefficient (Wildman–Crippen LogP) is -2.62. The van der Waals surface area contributed by atoms with Crippen LogP contribution in [0, 0.1) is 0 Å². The molecule has 21 heavy (non-hydrogen) atoms. The largest absolute Gasteiger partial charge is 0.369 e. The van der Waals surface area contributed by atoms with Crippen LogP contribution in [0.4, 0.5) is 9.59 Å². The van der Waals surface area contributed by atoms with Crippen molar-refractivity contribution in [3.8, 4) is 0 Å². The van der Waals surface area contributed by atoms with Crippen molar-refractivity contribution in [2.75, 3.05) is 27.2 Å². The Kier molecular flexibility index (Phi) is 4.23. The van der Waals surface area contributed by atoms with Crippen LogP contribution in [0.2, 0.25) is 0 Å². The van der Waals surface area contributed by atoms with Crippen LogP contribution in [0.3, 0.4) is 0 Å². The van der Waals surface area contributed by atoms with Gasteiger partial charge in [0, 0.05) is 27.2 Å². The number of aliphatic hydroxyl groups is 4. The molecule has 0 radical (unpaired) electrons. The zero-order valence-electron chi connectivity index (χ0n) is 11.8. The summed E-state index contributed by atoms with van der Waals surface area (Å²) in [6.45, 7) is 0.218. The van der Waals surface area contributed by atoms with E-state index in [0.29, 0.717) is 0 Å². The van der Waals surface area contributed by atoms with Gasteiger partial charge in [-0.1, -0.05) is 0 Å². The molecule has 2 rings (SSSR count). The van der Waals surface area contributed by atoms with Crippen LogP contribution in [0.15, 0.2) is 0 Å². The van der Waals surface area contributed by atoms with Gasteiger partial charge >= 0.3 is 12.1 Å². The van der Waals surface area contributed by atoms with Crippen LogP contribution >= 0.6 is 0 Å². The molecule has 2 heterocycles. The number of carbonyl (C=O) groups is 2. The molecule has 4 N–H and O–H groups in total. The molecule has 120 valence electrons. The SMILES string of the molecule is CN1C(=O)N(CCCN2C(=O)N(C)C(O)C2O)C(O)C1O. The van der Waals surface area contributed by atoms with Crippen LogP contribution in [0.1, 0.15) is 6.42 Å². The number of carbonyl (C=O) groups excluding carboxylic acids is 2. The molecule has 0 aromatic rings. The van der Waals surface area contributed by atoms with Gasteiger partial charge < -0.3 is 20.4 Å². The second-order valence-electron chi connectivity index (χ2n) is 5.18. The average Bonchev–Trinajstić information content (AvgIpc) is 2.76. The standard InChI is InChI=1S/C11H20N4O6/c1-12-6(16)8(18)14(10(12)20)4-3-5-15-9(19)7(17)13(2)11(15)21/h6-9,16-19H,3-5H2,1-2H3. The van der Waals surface area contributed by atoms with Gasteiger partial charge in [-0.05, 0) is 6.42 Å². The van der Waals surface area contributed by atoms with Crippen molar-refractivity contribution < 1.29 is 30.0 Å². The summed E-state index contributed by atoms with van der Waals surface area (Å²) in [7, 11) is 2.74. The monoisotopic (exact) mass is 304 g/mol. The minimum atomic E-state index is -1.32. The number of amides is 4. The molecular weight excluding hydrogens is 284 g/mol. The highest BCUT2D eigenvalue weighted by Crippen LogP contribution is 2.20. The van der Waals surface area contributed by atoms with Crippen LogP contribution in [0.25, 0.3) is 0 Å². The Morgan fingerprint density at radius 2 is 1.10 bits per heavy atom. The molecule has 0 aliphatic carbocycles. The molecule has 4 amide bonds. The zero-order chi connectivity index (χ0) is 15.9. The summed E-state index contributed by atoms with van der Waals surface area (Å²) in [4.78, 5) is 27.7. The number of aliphatic hydroxyl groups excluding tert-OH is 4. The first-order chi connectivity index (χ1) is 9.77. The summed E-state index contributed by atoms with van der Waals surface area (Å²) >= 11 is 0. The van der Waals surface area contributed by atoms with Gasteiger partial charge in [-0.3, -0.25) is 19.6 Å². The first kappa shape index (κ1) is 15.8. The number of nitrogens with zero attached hydrogens (tertiary/aromatic N) is 4. The van der Waals surface area contributed by atoms with Crippen LogP contribution in [-0.2, 0) is 0 Å². The van der Waals surface area contributed by atoms with Crippen molar-refractivity contribution in [3.05, 3.63) is 0 Å². The van der Waals surface area contributed by atoms with E-state index in [2.05, 4.69) is 0 Å². The Bertz CT molecular complexity index is 397.